The summed E-state index contributed by atoms with van der Waals surface area (Å²) in [6, 6.07) is -0.660. The standard InChI is InChI=1S/C15H21N3O5S/c1-6-16-15(22)18-12(20)8(3)23-14(21)11-7(2)9(4)24-13(11)17-10(5)19/h8H,6H2,1-5H3,(H,17,19)(H2,16,18,20,22). The normalized spacial score (nSPS) is 11.4. The van der Waals surface area contributed by atoms with Gasteiger partial charge in [0.15, 0.2) is 6.10 Å². The third-order valence-electron chi connectivity index (χ3n) is 3.11. The Labute approximate surface area is 143 Å². The highest BCUT2D eigenvalue weighted by molar-refractivity contribution is 7.16. The van der Waals surface area contributed by atoms with Crippen molar-refractivity contribution < 1.29 is 23.9 Å². The van der Waals surface area contributed by atoms with Crippen LogP contribution in [0, 0.1) is 13.8 Å². The van der Waals surface area contributed by atoms with E-state index < -0.39 is 24.0 Å². The highest BCUT2D eigenvalue weighted by atomic mass is 32.1. The van der Waals surface area contributed by atoms with Gasteiger partial charge in [-0.1, -0.05) is 0 Å². The molecule has 1 aromatic heterocycles. The zero-order valence-electron chi connectivity index (χ0n) is 14.2. The molecule has 0 aliphatic heterocycles. The van der Waals surface area contributed by atoms with Crippen LogP contribution in [0.3, 0.4) is 0 Å². The number of thiophene rings is 1. The largest absolute Gasteiger partial charge is 0.449 e. The number of carbonyl (C=O) groups excluding carboxylic acids is 4. The molecule has 0 saturated carbocycles. The van der Waals surface area contributed by atoms with Crippen molar-refractivity contribution in [3.63, 3.8) is 0 Å². The minimum absolute atomic E-state index is 0.213. The Balaban J connectivity index is 2.86. The molecule has 3 N–H and O–H groups in total. The molecule has 8 nitrogen and oxygen atoms in total. The summed E-state index contributed by atoms with van der Waals surface area (Å²) in [6.45, 7) is 8.31. The van der Waals surface area contributed by atoms with Crippen molar-refractivity contribution in [2.24, 2.45) is 0 Å². The Morgan fingerprint density at radius 2 is 1.83 bits per heavy atom. The molecule has 0 aliphatic rings. The van der Waals surface area contributed by atoms with E-state index in [1.54, 1.807) is 13.8 Å². The van der Waals surface area contributed by atoms with Gasteiger partial charge in [-0.2, -0.15) is 0 Å². The smallest absolute Gasteiger partial charge is 0.342 e. The number of anilines is 1. The highest BCUT2D eigenvalue weighted by Gasteiger charge is 2.26. The van der Waals surface area contributed by atoms with E-state index in [4.69, 9.17) is 4.74 Å². The fourth-order valence-electron chi connectivity index (χ4n) is 1.81. The minimum Gasteiger partial charge on any atom is -0.449 e. The van der Waals surface area contributed by atoms with Crippen molar-refractivity contribution in [2.45, 2.75) is 40.7 Å². The van der Waals surface area contributed by atoms with Crippen molar-refractivity contribution in [1.29, 1.82) is 0 Å². The molecule has 1 atom stereocenters. The van der Waals surface area contributed by atoms with Gasteiger partial charge < -0.3 is 15.4 Å². The third kappa shape index (κ3) is 5.05. The van der Waals surface area contributed by atoms with Crippen LogP contribution in [0.4, 0.5) is 9.80 Å². The van der Waals surface area contributed by atoms with Gasteiger partial charge in [0.2, 0.25) is 5.91 Å². The zero-order chi connectivity index (χ0) is 18.4. The Hall–Kier alpha value is -2.42. The fraction of sp³-hybridized carbons (Fsp3) is 0.467. The van der Waals surface area contributed by atoms with Gasteiger partial charge in [0.1, 0.15) is 5.00 Å². The second-order valence-corrected chi connectivity index (χ2v) is 6.29. The van der Waals surface area contributed by atoms with Crippen LogP contribution in [-0.4, -0.2) is 36.5 Å². The first kappa shape index (κ1) is 19.6. The molecule has 1 heterocycles. The van der Waals surface area contributed by atoms with Gasteiger partial charge >= 0.3 is 12.0 Å². The molecular weight excluding hydrogens is 334 g/mol. The fourth-order valence-corrected chi connectivity index (χ4v) is 2.91. The molecule has 0 bridgehead atoms. The number of nitrogens with one attached hydrogen (secondary N) is 3. The molecule has 1 rings (SSSR count). The third-order valence-corrected chi connectivity index (χ3v) is 4.23. The molecular formula is C15H21N3O5S. The maximum absolute atomic E-state index is 12.4. The van der Waals surface area contributed by atoms with Crippen molar-refractivity contribution in [1.82, 2.24) is 10.6 Å². The monoisotopic (exact) mass is 355 g/mol. The van der Waals surface area contributed by atoms with E-state index in [9.17, 15) is 19.2 Å². The van der Waals surface area contributed by atoms with Gasteiger partial charge in [0.05, 0.1) is 5.56 Å². The molecule has 0 radical (unpaired) electrons. The molecule has 0 fully saturated rings. The van der Waals surface area contributed by atoms with Gasteiger partial charge in [-0.15, -0.1) is 11.3 Å². The van der Waals surface area contributed by atoms with Crippen molar-refractivity contribution in [3.05, 3.63) is 16.0 Å². The first-order chi connectivity index (χ1) is 11.2. The van der Waals surface area contributed by atoms with E-state index >= 15 is 0 Å². The van der Waals surface area contributed by atoms with E-state index in [0.717, 1.165) is 4.88 Å². The van der Waals surface area contributed by atoms with Crippen molar-refractivity contribution >= 4 is 40.2 Å². The lowest BCUT2D eigenvalue weighted by Gasteiger charge is -2.14. The number of carbonyl (C=O) groups is 4. The second kappa shape index (κ2) is 8.44. The molecule has 1 unspecified atom stereocenters. The molecule has 132 valence electrons. The van der Waals surface area contributed by atoms with E-state index in [1.807, 2.05) is 6.92 Å². The van der Waals surface area contributed by atoms with Crippen LogP contribution in [0.1, 0.15) is 41.6 Å². The lowest BCUT2D eigenvalue weighted by molar-refractivity contribution is -0.128. The zero-order valence-corrected chi connectivity index (χ0v) is 15.1. The summed E-state index contributed by atoms with van der Waals surface area (Å²) < 4.78 is 5.12. The summed E-state index contributed by atoms with van der Waals surface area (Å²) in [6.07, 6.45) is -1.16. The van der Waals surface area contributed by atoms with Gasteiger partial charge in [-0.05, 0) is 33.3 Å². The van der Waals surface area contributed by atoms with Gasteiger partial charge in [-0.3, -0.25) is 14.9 Å². The van der Waals surface area contributed by atoms with E-state index in [2.05, 4.69) is 16.0 Å². The maximum Gasteiger partial charge on any atom is 0.342 e. The molecule has 24 heavy (non-hydrogen) atoms. The van der Waals surface area contributed by atoms with Crippen molar-refractivity contribution in [2.75, 3.05) is 11.9 Å². The Morgan fingerprint density at radius 3 is 2.38 bits per heavy atom. The number of aryl methyl sites for hydroxylation is 1. The molecule has 4 amide bonds. The molecule has 0 saturated heterocycles. The van der Waals surface area contributed by atoms with Crippen molar-refractivity contribution in [3.8, 4) is 0 Å². The summed E-state index contributed by atoms with van der Waals surface area (Å²) in [7, 11) is 0. The topological polar surface area (TPSA) is 114 Å². The van der Waals surface area contributed by atoms with Crippen LogP contribution in [-0.2, 0) is 14.3 Å². The predicted octanol–water partition coefficient (Wildman–Crippen LogP) is 1.71. The summed E-state index contributed by atoms with van der Waals surface area (Å²) in [5.41, 5.74) is 0.885. The van der Waals surface area contributed by atoms with Crippen LogP contribution in [0.2, 0.25) is 0 Å². The first-order valence-corrected chi connectivity index (χ1v) is 8.16. The summed E-state index contributed by atoms with van der Waals surface area (Å²) in [4.78, 5) is 47.6. The number of esters is 1. The SMILES string of the molecule is CCNC(=O)NC(=O)C(C)OC(=O)c1c(NC(C)=O)sc(C)c1C. The van der Waals surface area contributed by atoms with Crippen LogP contribution in [0.5, 0.6) is 0 Å². The van der Waals surface area contributed by atoms with Crippen LogP contribution in [0.25, 0.3) is 0 Å². The van der Waals surface area contributed by atoms with Crippen LogP contribution >= 0.6 is 11.3 Å². The van der Waals surface area contributed by atoms with E-state index in [0.29, 0.717) is 17.1 Å². The molecule has 0 spiro atoms. The van der Waals surface area contributed by atoms with Gasteiger partial charge in [-0.25, -0.2) is 9.59 Å². The summed E-state index contributed by atoms with van der Waals surface area (Å²) >= 11 is 1.25. The summed E-state index contributed by atoms with van der Waals surface area (Å²) in [5.74, 6) is -1.79. The number of urea groups is 1. The number of imide groups is 1. The molecule has 9 heteroatoms. The number of hydrogen-bond acceptors (Lipinski definition) is 6. The lowest BCUT2D eigenvalue weighted by atomic mass is 10.1. The second-order valence-electron chi connectivity index (χ2n) is 5.06. The number of hydrogen-bond donors (Lipinski definition) is 3. The molecule has 0 aliphatic carbocycles. The Morgan fingerprint density at radius 1 is 1.21 bits per heavy atom. The maximum atomic E-state index is 12.4. The average molecular weight is 355 g/mol. The Bertz CT molecular complexity index is 668. The van der Waals surface area contributed by atoms with Gasteiger partial charge in [0, 0.05) is 18.3 Å². The quantitative estimate of drug-likeness (QED) is 0.696. The van der Waals surface area contributed by atoms with Gasteiger partial charge in [0.25, 0.3) is 5.91 Å². The molecule has 1 aromatic rings. The minimum atomic E-state index is -1.16. The number of ether oxygens (including phenoxy) is 1. The average Bonchev–Trinajstić information content (AvgIpc) is 2.72. The highest BCUT2D eigenvalue weighted by Crippen LogP contribution is 2.33. The van der Waals surface area contributed by atoms with E-state index in [-0.39, 0.29) is 11.5 Å². The van der Waals surface area contributed by atoms with Crippen LogP contribution in [0.15, 0.2) is 0 Å². The molecule has 0 aromatic carbocycles. The van der Waals surface area contributed by atoms with E-state index in [1.165, 1.54) is 25.2 Å². The first-order valence-electron chi connectivity index (χ1n) is 7.34. The summed E-state index contributed by atoms with van der Waals surface area (Å²) in [5, 5.41) is 7.43. The lowest BCUT2D eigenvalue weighted by Crippen LogP contribution is -2.44. The number of amides is 4. The van der Waals surface area contributed by atoms with Crippen LogP contribution < -0.4 is 16.0 Å². The Kier molecular flexibility index (Phi) is 6.90. The predicted molar refractivity (Wildman–Crippen MR) is 90.2 cm³/mol. The number of rotatable bonds is 5.